The lowest BCUT2D eigenvalue weighted by molar-refractivity contribution is -0.384. The van der Waals surface area contributed by atoms with Crippen molar-refractivity contribution in [3.63, 3.8) is 0 Å². The molecule has 0 aliphatic carbocycles. The van der Waals surface area contributed by atoms with Gasteiger partial charge >= 0.3 is 0 Å². The van der Waals surface area contributed by atoms with Gasteiger partial charge in [-0.25, -0.2) is 0 Å². The van der Waals surface area contributed by atoms with Gasteiger partial charge in [0.2, 0.25) is 17.7 Å². The third-order valence-corrected chi connectivity index (χ3v) is 6.49. The van der Waals surface area contributed by atoms with Crippen molar-refractivity contribution >= 4 is 34.3 Å². The van der Waals surface area contributed by atoms with Crippen LogP contribution in [0, 0.1) is 15.5 Å². The molecule has 1 saturated heterocycles. The van der Waals surface area contributed by atoms with Crippen LogP contribution in [0.25, 0.3) is 10.9 Å². The van der Waals surface area contributed by atoms with Gasteiger partial charge < -0.3 is 25.3 Å². The molecule has 11 heteroatoms. The minimum atomic E-state index is -1.05. The van der Waals surface area contributed by atoms with Crippen LogP contribution in [0.15, 0.2) is 54.7 Å². The molecule has 1 aliphatic rings. The molecule has 38 heavy (non-hydrogen) atoms. The Labute approximate surface area is 219 Å². The standard InChI is InChI=1S/C27H31N5O6/c1-27(2)16-30-23(33)14-38-15-24(34)31(17-27)25(18-7-9-20(10-8-18)32(36)37)26(35)28-12-11-19-13-29-22-6-4-3-5-21(19)22/h3-10,13,25,29H,11-12,14-17H2,1-2H3,(H,28,35)(H,30,33). The minimum Gasteiger partial charge on any atom is -0.362 e. The monoisotopic (exact) mass is 521 g/mol. The topological polar surface area (TPSA) is 147 Å². The number of aromatic amines is 1. The molecule has 3 N–H and O–H groups in total. The fraction of sp³-hybridized carbons (Fsp3) is 0.370. The molecule has 2 heterocycles. The van der Waals surface area contributed by atoms with E-state index in [0.717, 1.165) is 16.5 Å². The number of fused-ring (bicyclic) bond motifs is 1. The van der Waals surface area contributed by atoms with E-state index in [1.54, 1.807) is 0 Å². The first-order valence-electron chi connectivity index (χ1n) is 12.4. The number of nitrogens with one attached hydrogen (secondary N) is 3. The summed E-state index contributed by atoms with van der Waals surface area (Å²) in [5.41, 5.74) is 1.81. The van der Waals surface area contributed by atoms with Gasteiger partial charge in [-0.3, -0.25) is 24.5 Å². The molecule has 0 saturated carbocycles. The van der Waals surface area contributed by atoms with E-state index >= 15 is 0 Å². The van der Waals surface area contributed by atoms with Crippen molar-refractivity contribution in [2.24, 2.45) is 5.41 Å². The molecule has 4 rings (SSSR count). The zero-order chi connectivity index (χ0) is 27.3. The number of hydrogen-bond donors (Lipinski definition) is 3. The van der Waals surface area contributed by atoms with E-state index in [0.29, 0.717) is 18.5 Å². The summed E-state index contributed by atoms with van der Waals surface area (Å²) < 4.78 is 5.29. The fourth-order valence-corrected chi connectivity index (χ4v) is 4.55. The Morgan fingerprint density at radius 1 is 1.16 bits per heavy atom. The van der Waals surface area contributed by atoms with Crippen LogP contribution in [-0.4, -0.2) is 65.4 Å². The smallest absolute Gasteiger partial charge is 0.269 e. The zero-order valence-corrected chi connectivity index (χ0v) is 21.4. The molecule has 2 aromatic carbocycles. The third-order valence-electron chi connectivity index (χ3n) is 6.49. The largest absolute Gasteiger partial charge is 0.362 e. The molecule has 3 aromatic rings. The molecule has 3 amide bonds. The highest BCUT2D eigenvalue weighted by atomic mass is 16.6. The van der Waals surface area contributed by atoms with Crippen LogP contribution in [-0.2, 0) is 25.5 Å². The first-order valence-corrected chi connectivity index (χ1v) is 12.4. The van der Waals surface area contributed by atoms with E-state index in [4.69, 9.17) is 4.74 Å². The summed E-state index contributed by atoms with van der Waals surface area (Å²) in [7, 11) is 0. The molecule has 1 fully saturated rings. The summed E-state index contributed by atoms with van der Waals surface area (Å²) in [6.45, 7) is 3.86. The number of benzene rings is 2. The number of para-hydroxylation sites is 1. The number of aromatic nitrogens is 1. The van der Waals surface area contributed by atoms with E-state index in [-0.39, 0.29) is 37.9 Å². The Morgan fingerprint density at radius 3 is 2.63 bits per heavy atom. The number of nitro benzene ring substituents is 1. The average Bonchev–Trinajstić information content (AvgIpc) is 3.30. The molecule has 1 aromatic heterocycles. The molecule has 11 nitrogen and oxygen atoms in total. The van der Waals surface area contributed by atoms with Gasteiger partial charge in [-0.05, 0) is 41.2 Å². The molecule has 0 bridgehead atoms. The number of amides is 3. The zero-order valence-electron chi connectivity index (χ0n) is 21.4. The van der Waals surface area contributed by atoms with Gasteiger partial charge in [0.25, 0.3) is 5.69 Å². The Bertz CT molecular complexity index is 1330. The summed E-state index contributed by atoms with van der Waals surface area (Å²) in [4.78, 5) is 54.2. The fourth-order valence-electron chi connectivity index (χ4n) is 4.55. The van der Waals surface area contributed by atoms with E-state index in [1.165, 1.54) is 29.2 Å². The Kier molecular flexibility index (Phi) is 8.06. The maximum absolute atomic E-state index is 13.7. The quantitative estimate of drug-likeness (QED) is 0.322. The number of nitrogens with zero attached hydrogens (tertiary/aromatic N) is 2. The van der Waals surface area contributed by atoms with Gasteiger partial charge in [-0.1, -0.05) is 32.0 Å². The summed E-state index contributed by atoms with van der Waals surface area (Å²) in [5.74, 6) is -1.19. The van der Waals surface area contributed by atoms with Gasteiger partial charge in [0.15, 0.2) is 0 Å². The lowest BCUT2D eigenvalue weighted by Gasteiger charge is -2.38. The summed E-state index contributed by atoms with van der Waals surface area (Å²) in [5, 5.41) is 18.0. The second kappa shape index (κ2) is 11.4. The van der Waals surface area contributed by atoms with Crippen molar-refractivity contribution in [2.45, 2.75) is 26.3 Å². The minimum absolute atomic E-state index is 0.120. The van der Waals surface area contributed by atoms with Crippen LogP contribution in [0.3, 0.4) is 0 Å². The summed E-state index contributed by atoms with van der Waals surface area (Å²) in [6.07, 6.45) is 2.48. The number of hydrogen-bond acceptors (Lipinski definition) is 6. The molecular formula is C27H31N5O6. The molecular weight excluding hydrogens is 490 g/mol. The number of non-ortho nitro benzene ring substituents is 1. The second-order valence-electron chi connectivity index (χ2n) is 10.1. The maximum atomic E-state index is 13.7. The van der Waals surface area contributed by atoms with Crippen LogP contribution < -0.4 is 10.6 Å². The maximum Gasteiger partial charge on any atom is 0.269 e. The van der Waals surface area contributed by atoms with Crippen LogP contribution in [0.1, 0.15) is 31.0 Å². The first kappa shape index (κ1) is 26.8. The van der Waals surface area contributed by atoms with E-state index < -0.39 is 28.2 Å². The van der Waals surface area contributed by atoms with Crippen molar-refractivity contribution in [3.05, 3.63) is 76.0 Å². The van der Waals surface area contributed by atoms with E-state index in [1.807, 2.05) is 44.3 Å². The number of carbonyl (C=O) groups is 3. The second-order valence-corrected chi connectivity index (χ2v) is 10.1. The number of ether oxygens (including phenoxy) is 1. The first-order chi connectivity index (χ1) is 18.1. The number of H-pyrrole nitrogens is 1. The van der Waals surface area contributed by atoms with Gasteiger partial charge in [0, 0.05) is 48.9 Å². The van der Waals surface area contributed by atoms with Crippen LogP contribution in [0.5, 0.6) is 0 Å². The van der Waals surface area contributed by atoms with E-state index in [2.05, 4.69) is 15.6 Å². The average molecular weight is 522 g/mol. The molecule has 1 atom stereocenters. The predicted molar refractivity (Wildman–Crippen MR) is 140 cm³/mol. The van der Waals surface area contributed by atoms with Gasteiger partial charge in [-0.15, -0.1) is 0 Å². The van der Waals surface area contributed by atoms with E-state index in [9.17, 15) is 24.5 Å². The summed E-state index contributed by atoms with van der Waals surface area (Å²) >= 11 is 0. The van der Waals surface area contributed by atoms with Gasteiger partial charge in [0.1, 0.15) is 19.3 Å². The lowest BCUT2D eigenvalue weighted by Crippen LogP contribution is -2.52. The normalized spacial score (nSPS) is 17.1. The highest BCUT2D eigenvalue weighted by molar-refractivity contribution is 5.89. The third kappa shape index (κ3) is 6.35. The number of rotatable bonds is 7. The van der Waals surface area contributed by atoms with Gasteiger partial charge in [0.05, 0.1) is 4.92 Å². The molecule has 1 unspecified atom stereocenters. The van der Waals surface area contributed by atoms with Crippen molar-refractivity contribution in [1.29, 1.82) is 0 Å². The lowest BCUT2D eigenvalue weighted by atomic mass is 9.90. The molecule has 200 valence electrons. The Hall–Kier alpha value is -4.25. The van der Waals surface area contributed by atoms with Crippen molar-refractivity contribution in [2.75, 3.05) is 32.8 Å². The van der Waals surface area contributed by atoms with Crippen molar-refractivity contribution in [1.82, 2.24) is 20.5 Å². The number of nitro groups is 1. The highest BCUT2D eigenvalue weighted by Crippen LogP contribution is 2.28. The van der Waals surface area contributed by atoms with Crippen molar-refractivity contribution in [3.8, 4) is 0 Å². The SMILES string of the molecule is CC1(C)CNC(=O)COCC(=O)N(C(C(=O)NCCc2c[nH]c3ccccc23)c2ccc([N+](=O)[O-])cc2)C1. The molecule has 0 radical (unpaired) electrons. The summed E-state index contributed by atoms with van der Waals surface area (Å²) in [6, 6.07) is 12.4. The van der Waals surface area contributed by atoms with Crippen LogP contribution >= 0.6 is 0 Å². The van der Waals surface area contributed by atoms with Crippen molar-refractivity contribution < 1.29 is 24.0 Å². The Balaban J connectivity index is 1.60. The van der Waals surface area contributed by atoms with Gasteiger partial charge in [-0.2, -0.15) is 0 Å². The highest BCUT2D eigenvalue weighted by Gasteiger charge is 2.36. The Morgan fingerprint density at radius 2 is 1.89 bits per heavy atom. The molecule has 1 aliphatic heterocycles. The van der Waals surface area contributed by atoms with Crippen LogP contribution in [0.2, 0.25) is 0 Å². The molecule has 0 spiro atoms. The van der Waals surface area contributed by atoms with Crippen LogP contribution in [0.4, 0.5) is 5.69 Å². The predicted octanol–water partition coefficient (Wildman–Crippen LogP) is 2.48. The number of carbonyl (C=O) groups excluding carboxylic acids is 3.